The zero-order chi connectivity index (χ0) is 16.9. The minimum atomic E-state index is -0.552. The van der Waals surface area contributed by atoms with E-state index in [1.807, 2.05) is 18.2 Å². The Morgan fingerprint density at radius 1 is 1.25 bits per heavy atom. The number of rotatable bonds is 4. The average molecular weight is 349 g/mol. The van der Waals surface area contributed by atoms with E-state index in [2.05, 4.69) is 10.6 Å². The Bertz CT molecular complexity index is 702. The van der Waals surface area contributed by atoms with Crippen LogP contribution in [0.15, 0.2) is 48.5 Å². The third kappa shape index (κ3) is 3.93. The lowest BCUT2D eigenvalue weighted by Crippen LogP contribution is -2.48. The van der Waals surface area contributed by atoms with Gasteiger partial charge in [-0.15, -0.1) is 0 Å². The molecular weight excluding hydrogens is 331 g/mol. The zero-order valence-electron chi connectivity index (χ0n) is 13.0. The maximum absolute atomic E-state index is 13.2. The van der Waals surface area contributed by atoms with Gasteiger partial charge in [-0.05, 0) is 29.3 Å². The summed E-state index contributed by atoms with van der Waals surface area (Å²) in [6.07, 6.45) is -0.552. The van der Waals surface area contributed by atoms with Crippen LogP contribution in [-0.2, 0) is 9.53 Å². The van der Waals surface area contributed by atoms with Crippen LogP contribution in [0.25, 0.3) is 0 Å². The first-order valence-corrected chi connectivity index (χ1v) is 8.15. The molecule has 1 heterocycles. The number of carbonyl (C=O) groups is 1. The van der Waals surface area contributed by atoms with Gasteiger partial charge in [-0.2, -0.15) is 0 Å². The summed E-state index contributed by atoms with van der Waals surface area (Å²) in [6.45, 7) is 1.69. The first-order chi connectivity index (χ1) is 11.6. The molecule has 0 saturated carbocycles. The van der Waals surface area contributed by atoms with Gasteiger partial charge in [0.2, 0.25) is 0 Å². The fourth-order valence-electron chi connectivity index (χ4n) is 2.67. The quantitative estimate of drug-likeness (QED) is 0.893. The number of ether oxygens (including phenoxy) is 1. The highest BCUT2D eigenvalue weighted by atomic mass is 35.5. The SMILES string of the molecule is O=C(N[C@@H](c1ccc(F)cc1)c1ccccc1Cl)[C@@H]1CNCCO1. The van der Waals surface area contributed by atoms with Crippen molar-refractivity contribution in [2.45, 2.75) is 12.1 Å². The van der Waals surface area contributed by atoms with Crippen molar-refractivity contribution in [1.82, 2.24) is 10.6 Å². The zero-order valence-corrected chi connectivity index (χ0v) is 13.7. The van der Waals surface area contributed by atoms with Crippen molar-refractivity contribution in [3.05, 3.63) is 70.5 Å². The van der Waals surface area contributed by atoms with E-state index in [4.69, 9.17) is 16.3 Å². The van der Waals surface area contributed by atoms with Crippen LogP contribution in [0.4, 0.5) is 4.39 Å². The third-order valence-electron chi connectivity index (χ3n) is 3.93. The Morgan fingerprint density at radius 3 is 2.67 bits per heavy atom. The standard InChI is InChI=1S/C18H18ClFN2O2/c19-15-4-2-1-3-14(15)17(12-5-7-13(20)8-6-12)22-18(23)16-11-21-9-10-24-16/h1-8,16-17,21H,9-11H2,(H,22,23)/t16-,17-/m0/s1. The van der Waals surface area contributed by atoms with Crippen molar-refractivity contribution in [2.75, 3.05) is 19.7 Å². The van der Waals surface area contributed by atoms with Crippen molar-refractivity contribution in [3.8, 4) is 0 Å². The molecule has 2 atom stereocenters. The number of hydrogen-bond donors (Lipinski definition) is 2. The highest BCUT2D eigenvalue weighted by Crippen LogP contribution is 2.28. The molecule has 0 radical (unpaired) electrons. The number of morpholine rings is 1. The Kier molecular flexibility index (Phi) is 5.45. The summed E-state index contributed by atoms with van der Waals surface area (Å²) in [5, 5.41) is 6.63. The van der Waals surface area contributed by atoms with Crippen molar-refractivity contribution in [1.29, 1.82) is 0 Å². The number of halogens is 2. The molecule has 1 aliphatic heterocycles. The molecule has 0 bridgehead atoms. The van der Waals surface area contributed by atoms with E-state index in [1.54, 1.807) is 18.2 Å². The molecule has 1 aliphatic rings. The van der Waals surface area contributed by atoms with E-state index < -0.39 is 12.1 Å². The second-order valence-electron chi connectivity index (χ2n) is 5.58. The molecule has 2 N–H and O–H groups in total. The largest absolute Gasteiger partial charge is 0.366 e. The van der Waals surface area contributed by atoms with Crippen LogP contribution in [0.3, 0.4) is 0 Å². The second kappa shape index (κ2) is 7.75. The number of nitrogens with one attached hydrogen (secondary N) is 2. The van der Waals surface area contributed by atoms with Crippen LogP contribution in [0, 0.1) is 5.82 Å². The van der Waals surface area contributed by atoms with Crippen LogP contribution in [0.1, 0.15) is 17.2 Å². The lowest BCUT2D eigenvalue weighted by Gasteiger charge is -2.27. The predicted molar refractivity (Wildman–Crippen MR) is 90.4 cm³/mol. The van der Waals surface area contributed by atoms with Gasteiger partial charge in [-0.1, -0.05) is 41.9 Å². The van der Waals surface area contributed by atoms with Gasteiger partial charge >= 0.3 is 0 Å². The number of benzene rings is 2. The summed E-state index contributed by atoms with van der Waals surface area (Å²) >= 11 is 6.30. The molecule has 4 nitrogen and oxygen atoms in total. The molecule has 3 rings (SSSR count). The maximum atomic E-state index is 13.2. The van der Waals surface area contributed by atoms with Gasteiger partial charge in [0.1, 0.15) is 11.9 Å². The Balaban J connectivity index is 1.88. The number of carbonyl (C=O) groups excluding carboxylic acids is 1. The molecule has 0 spiro atoms. The lowest BCUT2D eigenvalue weighted by molar-refractivity contribution is -0.134. The van der Waals surface area contributed by atoms with Gasteiger partial charge in [0, 0.05) is 18.1 Å². The van der Waals surface area contributed by atoms with Crippen molar-refractivity contribution >= 4 is 17.5 Å². The van der Waals surface area contributed by atoms with Crippen LogP contribution < -0.4 is 10.6 Å². The summed E-state index contributed by atoms with van der Waals surface area (Å²) in [5.41, 5.74) is 1.50. The fraction of sp³-hybridized carbons (Fsp3) is 0.278. The van der Waals surface area contributed by atoms with Gasteiger partial charge < -0.3 is 15.4 Å². The molecule has 2 aromatic carbocycles. The minimum absolute atomic E-state index is 0.226. The van der Waals surface area contributed by atoms with Gasteiger partial charge in [0.05, 0.1) is 12.6 Å². The first kappa shape index (κ1) is 16.9. The Labute approximate surface area is 145 Å². The molecule has 24 heavy (non-hydrogen) atoms. The monoisotopic (exact) mass is 348 g/mol. The van der Waals surface area contributed by atoms with Crippen LogP contribution in [0.5, 0.6) is 0 Å². The average Bonchev–Trinajstić information content (AvgIpc) is 2.62. The molecule has 1 fully saturated rings. The van der Waals surface area contributed by atoms with Crippen LogP contribution in [0.2, 0.25) is 5.02 Å². The van der Waals surface area contributed by atoms with E-state index in [-0.39, 0.29) is 11.7 Å². The normalized spacial score (nSPS) is 18.8. The van der Waals surface area contributed by atoms with Gasteiger partial charge in [0.15, 0.2) is 0 Å². The molecule has 2 aromatic rings. The van der Waals surface area contributed by atoms with Crippen molar-refractivity contribution in [2.24, 2.45) is 0 Å². The van der Waals surface area contributed by atoms with E-state index in [0.29, 0.717) is 18.2 Å². The topological polar surface area (TPSA) is 50.4 Å². The molecule has 126 valence electrons. The number of hydrogen-bond acceptors (Lipinski definition) is 3. The first-order valence-electron chi connectivity index (χ1n) is 7.78. The summed E-state index contributed by atoms with van der Waals surface area (Å²) in [7, 11) is 0. The summed E-state index contributed by atoms with van der Waals surface area (Å²) in [6, 6.07) is 12.8. The van der Waals surface area contributed by atoms with Gasteiger partial charge in [0.25, 0.3) is 5.91 Å². The van der Waals surface area contributed by atoms with Crippen LogP contribution >= 0.6 is 11.6 Å². The van der Waals surface area contributed by atoms with Gasteiger partial charge in [-0.3, -0.25) is 4.79 Å². The van der Waals surface area contributed by atoms with Crippen molar-refractivity contribution in [3.63, 3.8) is 0 Å². The Hall–Kier alpha value is -1.95. The summed E-state index contributed by atoms with van der Waals surface area (Å²) in [5.74, 6) is -0.556. The minimum Gasteiger partial charge on any atom is -0.366 e. The van der Waals surface area contributed by atoms with Crippen molar-refractivity contribution < 1.29 is 13.9 Å². The predicted octanol–water partition coefficient (Wildman–Crippen LogP) is 2.67. The fourth-order valence-corrected chi connectivity index (χ4v) is 2.92. The highest BCUT2D eigenvalue weighted by molar-refractivity contribution is 6.31. The van der Waals surface area contributed by atoms with E-state index >= 15 is 0 Å². The van der Waals surface area contributed by atoms with E-state index in [0.717, 1.165) is 17.7 Å². The maximum Gasteiger partial charge on any atom is 0.251 e. The molecule has 0 aromatic heterocycles. The number of amides is 1. The molecular formula is C18H18ClFN2O2. The van der Waals surface area contributed by atoms with E-state index in [1.165, 1.54) is 12.1 Å². The van der Waals surface area contributed by atoms with E-state index in [9.17, 15) is 9.18 Å². The molecule has 0 aliphatic carbocycles. The lowest BCUT2D eigenvalue weighted by atomic mass is 9.98. The third-order valence-corrected chi connectivity index (χ3v) is 4.27. The smallest absolute Gasteiger partial charge is 0.251 e. The molecule has 1 saturated heterocycles. The highest BCUT2D eigenvalue weighted by Gasteiger charge is 2.26. The van der Waals surface area contributed by atoms with Gasteiger partial charge in [-0.25, -0.2) is 4.39 Å². The Morgan fingerprint density at radius 2 is 2.00 bits per heavy atom. The molecule has 6 heteroatoms. The molecule has 0 unspecified atom stereocenters. The van der Waals surface area contributed by atoms with Crippen LogP contribution in [-0.4, -0.2) is 31.7 Å². The summed E-state index contributed by atoms with van der Waals surface area (Å²) in [4.78, 5) is 12.5. The molecule has 1 amide bonds. The second-order valence-corrected chi connectivity index (χ2v) is 5.99. The summed E-state index contributed by atoms with van der Waals surface area (Å²) < 4.78 is 18.7.